The molecule has 3 aromatic rings. The number of rotatable bonds is 7. The van der Waals surface area contributed by atoms with Crippen LogP contribution in [0.1, 0.15) is 32.5 Å². The van der Waals surface area contributed by atoms with E-state index >= 15 is 0 Å². The molecule has 1 aliphatic heterocycles. The second-order valence-corrected chi connectivity index (χ2v) is 7.51. The van der Waals surface area contributed by atoms with Crippen LogP contribution in [0.25, 0.3) is 0 Å². The van der Waals surface area contributed by atoms with Crippen molar-refractivity contribution in [3.05, 3.63) is 89.9 Å². The standard InChI is InChI=1S/C24H25N3O4/c28-23(19-8-10-20(11-9-19)25-24(29)22-7-4-14-31-22)26-21(18-5-2-1-3-6-18)17-27-12-15-30-16-13-27/h1-11,14,21H,12-13,15-17H2,(H,25,29)(H,26,28)/p+1/t21-/m0/s1. The summed E-state index contributed by atoms with van der Waals surface area (Å²) in [5.41, 5.74) is 2.21. The van der Waals surface area contributed by atoms with Gasteiger partial charge in [0.1, 0.15) is 25.7 Å². The Hall–Kier alpha value is -3.42. The molecule has 1 aromatic heterocycles. The zero-order valence-corrected chi connectivity index (χ0v) is 17.2. The highest BCUT2D eigenvalue weighted by atomic mass is 16.5. The molecule has 3 N–H and O–H groups in total. The molecular formula is C24H26N3O4+. The minimum atomic E-state index is -0.333. The summed E-state index contributed by atoms with van der Waals surface area (Å²) in [4.78, 5) is 26.4. The lowest BCUT2D eigenvalue weighted by Crippen LogP contribution is -3.14. The molecule has 0 unspecified atom stereocenters. The van der Waals surface area contributed by atoms with Crippen molar-refractivity contribution in [2.24, 2.45) is 0 Å². The van der Waals surface area contributed by atoms with E-state index in [4.69, 9.17) is 9.15 Å². The second kappa shape index (κ2) is 10.1. The van der Waals surface area contributed by atoms with Gasteiger partial charge in [0.15, 0.2) is 5.76 Å². The fourth-order valence-corrected chi connectivity index (χ4v) is 3.64. The number of furan rings is 1. The number of quaternary nitrogens is 1. The number of hydrogen-bond acceptors (Lipinski definition) is 4. The number of hydrogen-bond donors (Lipinski definition) is 3. The van der Waals surface area contributed by atoms with Gasteiger partial charge in [-0.15, -0.1) is 0 Å². The van der Waals surface area contributed by atoms with E-state index in [9.17, 15) is 9.59 Å². The van der Waals surface area contributed by atoms with Crippen LogP contribution in [0.4, 0.5) is 5.69 Å². The summed E-state index contributed by atoms with van der Waals surface area (Å²) in [6.45, 7) is 4.16. The maximum atomic E-state index is 12.9. The molecule has 2 heterocycles. The summed E-state index contributed by atoms with van der Waals surface area (Å²) in [6.07, 6.45) is 1.45. The van der Waals surface area contributed by atoms with Crippen LogP contribution in [0.3, 0.4) is 0 Å². The number of amides is 2. The molecule has 7 nitrogen and oxygen atoms in total. The molecule has 0 bridgehead atoms. The quantitative estimate of drug-likeness (QED) is 0.545. The van der Waals surface area contributed by atoms with E-state index in [0.717, 1.165) is 38.4 Å². The topological polar surface area (TPSA) is 85.0 Å². The SMILES string of the molecule is O=C(N[C@@H](C[NH+]1CCOCC1)c1ccccc1)c1ccc(NC(=O)c2ccco2)cc1. The van der Waals surface area contributed by atoms with Crippen LogP contribution < -0.4 is 15.5 Å². The normalized spacial score (nSPS) is 15.2. The Balaban J connectivity index is 1.42. The van der Waals surface area contributed by atoms with Crippen molar-refractivity contribution in [1.29, 1.82) is 0 Å². The Labute approximate surface area is 181 Å². The molecule has 7 heteroatoms. The van der Waals surface area contributed by atoms with E-state index in [1.165, 1.54) is 11.2 Å². The Morgan fingerprint density at radius 1 is 0.903 bits per heavy atom. The summed E-state index contributed by atoms with van der Waals surface area (Å²) in [5.74, 6) is -0.247. The number of carbonyl (C=O) groups is 2. The summed E-state index contributed by atoms with van der Waals surface area (Å²) in [7, 11) is 0. The maximum absolute atomic E-state index is 12.9. The number of carbonyl (C=O) groups excluding carboxylic acids is 2. The molecule has 0 saturated carbocycles. The lowest BCUT2D eigenvalue weighted by atomic mass is 10.1. The number of anilines is 1. The Morgan fingerprint density at radius 3 is 2.32 bits per heavy atom. The van der Waals surface area contributed by atoms with Crippen LogP contribution in [-0.2, 0) is 4.74 Å². The lowest BCUT2D eigenvalue weighted by Gasteiger charge is -2.28. The van der Waals surface area contributed by atoms with Crippen molar-refractivity contribution in [1.82, 2.24) is 5.32 Å². The summed E-state index contributed by atoms with van der Waals surface area (Å²) < 4.78 is 10.5. The minimum Gasteiger partial charge on any atom is -0.459 e. The van der Waals surface area contributed by atoms with E-state index in [-0.39, 0.29) is 23.6 Å². The van der Waals surface area contributed by atoms with E-state index in [1.54, 1.807) is 36.4 Å². The number of benzene rings is 2. The van der Waals surface area contributed by atoms with Gasteiger partial charge in [0.25, 0.3) is 11.8 Å². The van der Waals surface area contributed by atoms with Gasteiger partial charge in [0, 0.05) is 11.3 Å². The fourth-order valence-electron chi connectivity index (χ4n) is 3.64. The monoisotopic (exact) mass is 420 g/mol. The highest BCUT2D eigenvalue weighted by Gasteiger charge is 2.23. The third-order valence-electron chi connectivity index (χ3n) is 5.35. The van der Waals surface area contributed by atoms with Crippen molar-refractivity contribution in [2.45, 2.75) is 6.04 Å². The molecule has 2 amide bonds. The molecule has 2 aromatic carbocycles. The van der Waals surface area contributed by atoms with Crippen molar-refractivity contribution in [3.63, 3.8) is 0 Å². The van der Waals surface area contributed by atoms with Gasteiger partial charge >= 0.3 is 0 Å². The summed E-state index contributed by atoms with van der Waals surface area (Å²) in [6, 6.07) is 20.0. The average Bonchev–Trinajstić information content (AvgIpc) is 3.36. The number of nitrogens with one attached hydrogen (secondary N) is 3. The number of morpholine rings is 1. The molecule has 31 heavy (non-hydrogen) atoms. The van der Waals surface area contributed by atoms with Crippen molar-refractivity contribution in [3.8, 4) is 0 Å². The van der Waals surface area contributed by atoms with E-state index in [0.29, 0.717) is 11.3 Å². The highest BCUT2D eigenvalue weighted by Crippen LogP contribution is 2.15. The van der Waals surface area contributed by atoms with E-state index in [1.807, 2.05) is 30.3 Å². The fraction of sp³-hybridized carbons (Fsp3) is 0.250. The van der Waals surface area contributed by atoms with Gasteiger partial charge in [-0.1, -0.05) is 30.3 Å². The van der Waals surface area contributed by atoms with Crippen LogP contribution in [0.5, 0.6) is 0 Å². The van der Waals surface area contributed by atoms with Crippen LogP contribution in [0.15, 0.2) is 77.4 Å². The molecular weight excluding hydrogens is 394 g/mol. The molecule has 0 radical (unpaired) electrons. The third-order valence-corrected chi connectivity index (χ3v) is 5.35. The average molecular weight is 420 g/mol. The molecule has 1 atom stereocenters. The molecule has 1 aliphatic rings. The van der Waals surface area contributed by atoms with Crippen LogP contribution >= 0.6 is 0 Å². The number of ether oxygens (including phenoxy) is 1. The van der Waals surface area contributed by atoms with E-state index in [2.05, 4.69) is 10.6 Å². The molecule has 160 valence electrons. The van der Waals surface area contributed by atoms with Crippen LogP contribution in [0, 0.1) is 0 Å². The van der Waals surface area contributed by atoms with Gasteiger partial charge in [-0.2, -0.15) is 0 Å². The largest absolute Gasteiger partial charge is 0.459 e. The summed E-state index contributed by atoms with van der Waals surface area (Å²) >= 11 is 0. The third kappa shape index (κ3) is 5.59. The Morgan fingerprint density at radius 2 is 1.65 bits per heavy atom. The second-order valence-electron chi connectivity index (χ2n) is 7.51. The van der Waals surface area contributed by atoms with Crippen LogP contribution in [0.2, 0.25) is 0 Å². The first-order valence-electron chi connectivity index (χ1n) is 10.4. The highest BCUT2D eigenvalue weighted by molar-refractivity contribution is 6.02. The Bertz CT molecular complexity index is 981. The smallest absolute Gasteiger partial charge is 0.291 e. The molecule has 1 saturated heterocycles. The first-order valence-corrected chi connectivity index (χ1v) is 10.4. The first kappa shape index (κ1) is 20.8. The van der Waals surface area contributed by atoms with Crippen molar-refractivity contribution < 1.29 is 23.6 Å². The molecule has 1 fully saturated rings. The Kier molecular flexibility index (Phi) is 6.76. The van der Waals surface area contributed by atoms with Gasteiger partial charge in [-0.05, 0) is 42.0 Å². The minimum absolute atomic E-state index is 0.0971. The molecule has 4 rings (SSSR count). The zero-order chi connectivity index (χ0) is 21.5. The summed E-state index contributed by atoms with van der Waals surface area (Å²) in [5, 5.41) is 5.93. The van der Waals surface area contributed by atoms with E-state index < -0.39 is 0 Å². The molecule has 0 spiro atoms. The maximum Gasteiger partial charge on any atom is 0.291 e. The predicted molar refractivity (Wildman–Crippen MR) is 116 cm³/mol. The van der Waals surface area contributed by atoms with Crippen molar-refractivity contribution >= 4 is 17.5 Å². The zero-order valence-electron chi connectivity index (χ0n) is 17.2. The van der Waals surface area contributed by atoms with Crippen LogP contribution in [-0.4, -0.2) is 44.7 Å². The predicted octanol–water partition coefficient (Wildman–Crippen LogP) is 1.92. The first-order chi connectivity index (χ1) is 15.2. The van der Waals surface area contributed by atoms with Gasteiger partial charge in [-0.25, -0.2) is 0 Å². The molecule has 0 aliphatic carbocycles. The van der Waals surface area contributed by atoms with Crippen molar-refractivity contribution in [2.75, 3.05) is 38.2 Å². The van der Waals surface area contributed by atoms with Gasteiger partial charge in [0.2, 0.25) is 0 Å². The van der Waals surface area contributed by atoms with Gasteiger partial charge in [0.05, 0.1) is 19.5 Å². The van der Waals surface area contributed by atoms with Gasteiger partial charge < -0.3 is 24.7 Å². The van der Waals surface area contributed by atoms with Gasteiger partial charge in [-0.3, -0.25) is 9.59 Å². The lowest BCUT2D eigenvalue weighted by molar-refractivity contribution is -0.909.